The number of carbonyl (C=O) groups is 1. The number of sulfonamides is 1. The molecule has 3 aromatic carbocycles. The van der Waals surface area contributed by atoms with E-state index in [0.29, 0.717) is 17.2 Å². The fourth-order valence-electron chi connectivity index (χ4n) is 3.29. The zero-order valence-corrected chi connectivity index (χ0v) is 19.9. The van der Waals surface area contributed by atoms with Gasteiger partial charge in [0.05, 0.1) is 30.8 Å². The fourth-order valence-corrected chi connectivity index (χ4v) is 4.72. The number of carbonyl (C=O) groups excluding carboxylic acids is 1. The highest BCUT2D eigenvalue weighted by molar-refractivity contribution is 7.92. The van der Waals surface area contributed by atoms with Crippen molar-refractivity contribution < 1.29 is 22.7 Å². The van der Waals surface area contributed by atoms with Crippen molar-refractivity contribution in [2.24, 2.45) is 0 Å². The lowest BCUT2D eigenvalue weighted by Gasteiger charge is -2.25. The van der Waals surface area contributed by atoms with Gasteiger partial charge in [-0.15, -0.1) is 0 Å². The molecule has 33 heavy (non-hydrogen) atoms. The summed E-state index contributed by atoms with van der Waals surface area (Å²) < 4.78 is 38.4. The second-order valence-corrected chi connectivity index (χ2v) is 9.45. The van der Waals surface area contributed by atoms with Gasteiger partial charge in [0.1, 0.15) is 18.0 Å². The van der Waals surface area contributed by atoms with Crippen molar-refractivity contribution in [3.05, 3.63) is 83.9 Å². The molecule has 0 aliphatic heterocycles. The molecule has 0 aromatic heterocycles. The average molecular weight is 469 g/mol. The van der Waals surface area contributed by atoms with Crippen molar-refractivity contribution in [2.75, 3.05) is 25.1 Å². The highest BCUT2D eigenvalue weighted by Gasteiger charge is 2.27. The number of benzene rings is 3. The molecule has 174 valence electrons. The monoisotopic (exact) mass is 468 g/mol. The number of ether oxygens (including phenoxy) is 2. The van der Waals surface area contributed by atoms with Crippen LogP contribution in [0.25, 0.3) is 0 Å². The van der Waals surface area contributed by atoms with E-state index in [1.807, 2.05) is 38.1 Å². The minimum absolute atomic E-state index is 0.111. The smallest absolute Gasteiger partial charge is 0.264 e. The number of nitrogens with zero attached hydrogens (tertiary/aromatic N) is 1. The van der Waals surface area contributed by atoms with Crippen LogP contribution in [-0.4, -0.2) is 35.1 Å². The minimum atomic E-state index is -3.98. The summed E-state index contributed by atoms with van der Waals surface area (Å²) in [5, 5.41) is 2.88. The molecule has 1 atom stereocenters. The maximum Gasteiger partial charge on any atom is 0.264 e. The fraction of sp³-hybridized carbons (Fsp3) is 0.240. The Labute approximate surface area is 195 Å². The average Bonchev–Trinajstić information content (AvgIpc) is 2.83. The van der Waals surface area contributed by atoms with Gasteiger partial charge in [0.2, 0.25) is 5.91 Å². The predicted octanol–water partition coefficient (Wildman–Crippen LogP) is 4.08. The second-order valence-electron chi connectivity index (χ2n) is 7.59. The van der Waals surface area contributed by atoms with Gasteiger partial charge in [0.25, 0.3) is 10.0 Å². The largest absolute Gasteiger partial charge is 0.497 e. The van der Waals surface area contributed by atoms with Gasteiger partial charge in [0, 0.05) is 0 Å². The van der Waals surface area contributed by atoms with Gasteiger partial charge in [-0.25, -0.2) is 8.42 Å². The van der Waals surface area contributed by atoms with E-state index in [4.69, 9.17) is 9.47 Å². The Kier molecular flexibility index (Phi) is 7.60. The van der Waals surface area contributed by atoms with E-state index >= 15 is 0 Å². The van der Waals surface area contributed by atoms with Crippen molar-refractivity contribution in [3.63, 3.8) is 0 Å². The van der Waals surface area contributed by atoms with Crippen molar-refractivity contribution >= 4 is 21.6 Å². The van der Waals surface area contributed by atoms with Crippen LogP contribution in [-0.2, 0) is 14.8 Å². The number of hydrogen-bond donors (Lipinski definition) is 1. The zero-order chi connectivity index (χ0) is 24.0. The summed E-state index contributed by atoms with van der Waals surface area (Å²) in [6.07, 6.45) is 0. The molecule has 7 nitrogen and oxygen atoms in total. The highest BCUT2D eigenvalue weighted by atomic mass is 32.2. The number of anilines is 1. The van der Waals surface area contributed by atoms with Crippen LogP contribution in [0.15, 0.2) is 77.7 Å². The number of methoxy groups -OCH3 is 2. The number of rotatable bonds is 9. The Bertz CT molecular complexity index is 1170. The highest BCUT2D eigenvalue weighted by Crippen LogP contribution is 2.26. The van der Waals surface area contributed by atoms with E-state index in [1.165, 1.54) is 7.11 Å². The molecule has 0 aliphatic rings. The van der Waals surface area contributed by atoms with E-state index in [0.717, 1.165) is 15.4 Å². The summed E-state index contributed by atoms with van der Waals surface area (Å²) in [6.45, 7) is 3.35. The lowest BCUT2D eigenvalue weighted by atomic mass is 10.1. The minimum Gasteiger partial charge on any atom is -0.497 e. The third kappa shape index (κ3) is 5.84. The van der Waals surface area contributed by atoms with Gasteiger partial charge in [-0.2, -0.15) is 0 Å². The van der Waals surface area contributed by atoms with Crippen LogP contribution in [0.2, 0.25) is 0 Å². The Hall–Kier alpha value is -3.52. The van der Waals surface area contributed by atoms with Crippen molar-refractivity contribution in [2.45, 2.75) is 24.8 Å². The number of nitrogens with one attached hydrogen (secondary N) is 1. The molecule has 0 heterocycles. The second kappa shape index (κ2) is 10.4. The van der Waals surface area contributed by atoms with Gasteiger partial charge in [0.15, 0.2) is 0 Å². The lowest BCUT2D eigenvalue weighted by Crippen LogP contribution is -2.41. The van der Waals surface area contributed by atoms with Gasteiger partial charge in [-0.3, -0.25) is 9.10 Å². The van der Waals surface area contributed by atoms with Crippen LogP contribution < -0.4 is 19.1 Å². The third-order valence-corrected chi connectivity index (χ3v) is 7.04. The van der Waals surface area contributed by atoms with Crippen LogP contribution in [0, 0.1) is 6.92 Å². The SMILES string of the molecule is COc1ccc(C(C)NC(=O)CN(c2ccc(OC)cc2)S(=O)(=O)c2ccc(C)cc2)cc1. The van der Waals surface area contributed by atoms with Gasteiger partial charge in [-0.05, 0) is 67.9 Å². The van der Waals surface area contributed by atoms with E-state index in [9.17, 15) is 13.2 Å². The molecule has 3 rings (SSSR count). The number of aryl methyl sites for hydroxylation is 1. The molecule has 0 spiro atoms. The molecule has 0 radical (unpaired) electrons. The molecular weight excluding hydrogens is 440 g/mol. The molecule has 0 saturated carbocycles. The Morgan fingerprint density at radius 1 is 0.879 bits per heavy atom. The third-order valence-electron chi connectivity index (χ3n) is 5.25. The molecule has 0 bridgehead atoms. The quantitative estimate of drug-likeness (QED) is 0.511. The predicted molar refractivity (Wildman–Crippen MR) is 128 cm³/mol. The van der Waals surface area contributed by atoms with E-state index in [2.05, 4.69) is 5.32 Å². The first-order chi connectivity index (χ1) is 15.7. The molecule has 3 aromatic rings. The first-order valence-corrected chi connectivity index (χ1v) is 11.9. The van der Waals surface area contributed by atoms with E-state index in [-0.39, 0.29) is 17.5 Å². The van der Waals surface area contributed by atoms with Crippen molar-refractivity contribution in [1.29, 1.82) is 0 Å². The van der Waals surface area contributed by atoms with Crippen molar-refractivity contribution in [1.82, 2.24) is 5.32 Å². The molecular formula is C25H28N2O5S. The standard InChI is InChI=1S/C25H28N2O5S/c1-18-5-15-24(16-6-18)33(29,30)27(21-9-13-23(32-4)14-10-21)17-25(28)26-19(2)20-7-11-22(31-3)12-8-20/h5-16,19H,17H2,1-4H3,(H,26,28). The zero-order valence-electron chi connectivity index (χ0n) is 19.1. The number of hydrogen-bond acceptors (Lipinski definition) is 5. The first kappa shape index (κ1) is 24.1. The molecule has 1 amide bonds. The maximum absolute atomic E-state index is 13.5. The summed E-state index contributed by atoms with van der Waals surface area (Å²) in [7, 11) is -0.862. The summed E-state index contributed by atoms with van der Waals surface area (Å²) in [6, 6.07) is 20.1. The first-order valence-electron chi connectivity index (χ1n) is 10.4. The summed E-state index contributed by atoms with van der Waals surface area (Å²) in [5.74, 6) is 0.876. The molecule has 1 N–H and O–H groups in total. The topological polar surface area (TPSA) is 84.9 Å². The van der Waals surface area contributed by atoms with Gasteiger partial charge in [-0.1, -0.05) is 29.8 Å². The van der Waals surface area contributed by atoms with Crippen LogP contribution in [0.5, 0.6) is 11.5 Å². The molecule has 1 unspecified atom stereocenters. The van der Waals surface area contributed by atoms with Crippen LogP contribution in [0.3, 0.4) is 0 Å². The Morgan fingerprint density at radius 2 is 1.39 bits per heavy atom. The van der Waals surface area contributed by atoms with Crippen LogP contribution in [0.1, 0.15) is 24.1 Å². The van der Waals surface area contributed by atoms with Gasteiger partial charge >= 0.3 is 0 Å². The molecule has 0 aliphatic carbocycles. The van der Waals surface area contributed by atoms with Crippen molar-refractivity contribution in [3.8, 4) is 11.5 Å². The van der Waals surface area contributed by atoms with Crippen LogP contribution in [0.4, 0.5) is 5.69 Å². The normalized spacial score (nSPS) is 12.0. The van der Waals surface area contributed by atoms with E-state index < -0.39 is 15.9 Å². The van der Waals surface area contributed by atoms with Crippen LogP contribution >= 0.6 is 0 Å². The Balaban J connectivity index is 1.86. The Morgan fingerprint density at radius 3 is 1.91 bits per heavy atom. The maximum atomic E-state index is 13.5. The molecule has 8 heteroatoms. The summed E-state index contributed by atoms with van der Waals surface area (Å²) in [5.41, 5.74) is 2.18. The van der Waals surface area contributed by atoms with Gasteiger partial charge < -0.3 is 14.8 Å². The molecule has 0 fully saturated rings. The lowest BCUT2D eigenvalue weighted by molar-refractivity contribution is -0.120. The molecule has 0 saturated heterocycles. The number of amides is 1. The summed E-state index contributed by atoms with van der Waals surface area (Å²) in [4.78, 5) is 13.0. The summed E-state index contributed by atoms with van der Waals surface area (Å²) >= 11 is 0. The van der Waals surface area contributed by atoms with E-state index in [1.54, 1.807) is 55.6 Å².